The van der Waals surface area contributed by atoms with Crippen molar-refractivity contribution in [3.63, 3.8) is 0 Å². The highest BCUT2D eigenvalue weighted by molar-refractivity contribution is 5.90. The Morgan fingerprint density at radius 3 is 2.70 bits per heavy atom. The van der Waals surface area contributed by atoms with Gasteiger partial charge in [-0.1, -0.05) is 20.3 Å². The van der Waals surface area contributed by atoms with E-state index in [-0.39, 0.29) is 29.8 Å². The van der Waals surface area contributed by atoms with Crippen molar-refractivity contribution in [2.45, 2.75) is 59.0 Å². The molecule has 20 heavy (non-hydrogen) atoms. The summed E-state index contributed by atoms with van der Waals surface area (Å²) in [5, 5.41) is 2.88. The minimum Gasteiger partial charge on any atom is -0.382 e. The Kier molecular flexibility index (Phi) is 6.99. The van der Waals surface area contributed by atoms with Gasteiger partial charge in [0.15, 0.2) is 0 Å². The summed E-state index contributed by atoms with van der Waals surface area (Å²) in [7, 11) is 0. The summed E-state index contributed by atoms with van der Waals surface area (Å²) in [6.45, 7) is 9.96. The lowest BCUT2D eigenvalue weighted by atomic mass is 9.98. The van der Waals surface area contributed by atoms with Crippen molar-refractivity contribution in [1.29, 1.82) is 0 Å². The van der Waals surface area contributed by atoms with Gasteiger partial charge in [0.05, 0.1) is 0 Å². The van der Waals surface area contributed by atoms with E-state index >= 15 is 0 Å². The van der Waals surface area contributed by atoms with E-state index in [4.69, 9.17) is 4.74 Å². The topological polar surface area (TPSA) is 58.6 Å². The molecule has 0 aromatic heterocycles. The second-order valence-corrected chi connectivity index (χ2v) is 5.57. The molecule has 1 rings (SSSR count). The molecule has 3 unspecified atom stereocenters. The number of nitrogens with one attached hydrogen (secondary N) is 1. The molecule has 0 aromatic rings. The molecule has 5 heteroatoms. The lowest BCUT2D eigenvalue weighted by Gasteiger charge is -2.30. The number of nitrogens with zero attached hydrogens (tertiary/aromatic N) is 1. The first-order chi connectivity index (χ1) is 9.51. The Hall–Kier alpha value is -1.10. The van der Waals surface area contributed by atoms with E-state index in [1.54, 1.807) is 0 Å². The Morgan fingerprint density at radius 2 is 2.10 bits per heavy atom. The molecule has 0 spiro atoms. The molecule has 0 saturated carbocycles. The van der Waals surface area contributed by atoms with Gasteiger partial charge in [-0.15, -0.1) is 0 Å². The summed E-state index contributed by atoms with van der Waals surface area (Å²) >= 11 is 0. The fourth-order valence-corrected chi connectivity index (χ4v) is 2.50. The van der Waals surface area contributed by atoms with E-state index in [0.717, 1.165) is 12.8 Å². The monoisotopic (exact) mass is 284 g/mol. The van der Waals surface area contributed by atoms with Crippen molar-refractivity contribution in [2.24, 2.45) is 5.92 Å². The van der Waals surface area contributed by atoms with Gasteiger partial charge >= 0.3 is 0 Å². The van der Waals surface area contributed by atoms with Crippen LogP contribution in [0.2, 0.25) is 0 Å². The SMILES string of the molecule is CCOCCCN1C(=O)C(C(C)CC)NC(=O)CC1C. The summed E-state index contributed by atoms with van der Waals surface area (Å²) in [5.41, 5.74) is 0. The van der Waals surface area contributed by atoms with Crippen molar-refractivity contribution in [1.82, 2.24) is 10.2 Å². The average molecular weight is 284 g/mol. The smallest absolute Gasteiger partial charge is 0.245 e. The second kappa shape index (κ2) is 8.25. The molecule has 0 bridgehead atoms. The Bertz CT molecular complexity index is 333. The van der Waals surface area contributed by atoms with Crippen molar-refractivity contribution in [3.8, 4) is 0 Å². The molecule has 2 amide bonds. The Morgan fingerprint density at radius 1 is 1.40 bits per heavy atom. The van der Waals surface area contributed by atoms with Crippen LogP contribution in [0, 0.1) is 5.92 Å². The molecular weight excluding hydrogens is 256 g/mol. The highest BCUT2D eigenvalue weighted by Crippen LogP contribution is 2.18. The first-order valence-corrected chi connectivity index (χ1v) is 7.68. The van der Waals surface area contributed by atoms with E-state index in [1.165, 1.54) is 0 Å². The molecule has 0 aliphatic carbocycles. The lowest BCUT2D eigenvalue weighted by molar-refractivity contribution is -0.136. The maximum absolute atomic E-state index is 12.6. The van der Waals surface area contributed by atoms with Crippen molar-refractivity contribution < 1.29 is 14.3 Å². The van der Waals surface area contributed by atoms with Gasteiger partial charge < -0.3 is 15.0 Å². The highest BCUT2D eigenvalue weighted by Gasteiger charge is 2.35. The van der Waals surface area contributed by atoms with Gasteiger partial charge in [0, 0.05) is 32.2 Å². The van der Waals surface area contributed by atoms with E-state index in [2.05, 4.69) is 5.32 Å². The van der Waals surface area contributed by atoms with Crippen LogP contribution in [0.1, 0.15) is 47.0 Å². The van der Waals surface area contributed by atoms with Crippen LogP contribution in [-0.4, -0.2) is 48.6 Å². The van der Waals surface area contributed by atoms with Gasteiger partial charge in [-0.3, -0.25) is 9.59 Å². The number of hydrogen-bond donors (Lipinski definition) is 1. The fourth-order valence-electron chi connectivity index (χ4n) is 2.50. The second-order valence-electron chi connectivity index (χ2n) is 5.57. The van der Waals surface area contributed by atoms with Crippen molar-refractivity contribution >= 4 is 11.8 Å². The van der Waals surface area contributed by atoms with Crippen LogP contribution < -0.4 is 5.32 Å². The maximum atomic E-state index is 12.6. The number of carbonyl (C=O) groups is 2. The molecule has 116 valence electrons. The summed E-state index contributed by atoms with van der Waals surface area (Å²) in [4.78, 5) is 26.4. The molecule has 1 heterocycles. The summed E-state index contributed by atoms with van der Waals surface area (Å²) in [6.07, 6.45) is 2.07. The molecule has 0 aromatic carbocycles. The van der Waals surface area contributed by atoms with Crippen LogP contribution in [-0.2, 0) is 14.3 Å². The standard InChI is InChI=1S/C15H28N2O3/c1-5-11(3)14-15(19)17(8-7-9-20-6-2)12(4)10-13(18)16-14/h11-12,14H,5-10H2,1-4H3,(H,16,18). The van der Waals surface area contributed by atoms with Gasteiger partial charge in [0.2, 0.25) is 11.8 Å². The third-order valence-electron chi connectivity index (χ3n) is 3.98. The van der Waals surface area contributed by atoms with Gasteiger partial charge in [0.1, 0.15) is 6.04 Å². The number of amides is 2. The summed E-state index contributed by atoms with van der Waals surface area (Å²) in [5.74, 6) is 0.184. The average Bonchev–Trinajstić information content (AvgIpc) is 2.52. The van der Waals surface area contributed by atoms with Gasteiger partial charge in [0.25, 0.3) is 0 Å². The zero-order chi connectivity index (χ0) is 15.1. The first kappa shape index (κ1) is 17.0. The fraction of sp³-hybridized carbons (Fsp3) is 0.867. The normalized spacial score (nSPS) is 25.3. The van der Waals surface area contributed by atoms with Crippen LogP contribution in [0.3, 0.4) is 0 Å². The molecule has 5 nitrogen and oxygen atoms in total. The molecule has 1 aliphatic heterocycles. The number of ether oxygens (including phenoxy) is 1. The number of carbonyl (C=O) groups excluding carboxylic acids is 2. The highest BCUT2D eigenvalue weighted by atomic mass is 16.5. The molecule has 3 atom stereocenters. The Balaban J connectivity index is 2.72. The zero-order valence-corrected chi connectivity index (χ0v) is 13.1. The van der Waals surface area contributed by atoms with Crippen LogP contribution in [0.15, 0.2) is 0 Å². The van der Waals surface area contributed by atoms with Gasteiger partial charge in [-0.2, -0.15) is 0 Å². The molecule has 0 radical (unpaired) electrons. The van der Waals surface area contributed by atoms with E-state index in [1.807, 2.05) is 32.6 Å². The van der Waals surface area contributed by atoms with Crippen LogP contribution in [0.4, 0.5) is 0 Å². The number of hydrogen-bond acceptors (Lipinski definition) is 3. The number of rotatable bonds is 7. The van der Waals surface area contributed by atoms with E-state index in [9.17, 15) is 9.59 Å². The van der Waals surface area contributed by atoms with Crippen LogP contribution >= 0.6 is 0 Å². The largest absolute Gasteiger partial charge is 0.382 e. The summed E-state index contributed by atoms with van der Waals surface area (Å²) < 4.78 is 5.32. The predicted octanol–water partition coefficient (Wildman–Crippen LogP) is 1.56. The predicted molar refractivity (Wildman–Crippen MR) is 78.3 cm³/mol. The maximum Gasteiger partial charge on any atom is 0.245 e. The van der Waals surface area contributed by atoms with Crippen molar-refractivity contribution in [2.75, 3.05) is 19.8 Å². The van der Waals surface area contributed by atoms with Crippen LogP contribution in [0.25, 0.3) is 0 Å². The summed E-state index contributed by atoms with van der Waals surface area (Å²) in [6, 6.07) is -0.428. The first-order valence-electron chi connectivity index (χ1n) is 7.68. The van der Waals surface area contributed by atoms with Crippen LogP contribution in [0.5, 0.6) is 0 Å². The third kappa shape index (κ3) is 4.47. The minimum absolute atomic E-state index is 0.0246. The van der Waals surface area contributed by atoms with Gasteiger partial charge in [-0.05, 0) is 26.2 Å². The zero-order valence-electron chi connectivity index (χ0n) is 13.1. The molecule has 1 aliphatic rings. The molecule has 1 fully saturated rings. The Labute approximate surface area is 122 Å². The third-order valence-corrected chi connectivity index (χ3v) is 3.98. The lowest BCUT2D eigenvalue weighted by Crippen LogP contribution is -2.49. The molecule has 1 saturated heterocycles. The van der Waals surface area contributed by atoms with Gasteiger partial charge in [-0.25, -0.2) is 0 Å². The van der Waals surface area contributed by atoms with E-state index < -0.39 is 0 Å². The van der Waals surface area contributed by atoms with Crippen molar-refractivity contribution in [3.05, 3.63) is 0 Å². The molecular formula is C15H28N2O3. The quantitative estimate of drug-likeness (QED) is 0.722. The molecule has 1 N–H and O–H groups in total. The van der Waals surface area contributed by atoms with E-state index in [0.29, 0.717) is 26.2 Å². The minimum atomic E-state index is -0.385.